The van der Waals surface area contributed by atoms with E-state index in [0.29, 0.717) is 16.8 Å². The monoisotopic (exact) mass is 400 g/mol. The maximum atomic E-state index is 12.3. The van der Waals surface area contributed by atoms with Crippen LogP contribution >= 0.6 is 0 Å². The number of rotatable bonds is 7. The normalized spacial score (nSPS) is 14.6. The van der Waals surface area contributed by atoms with Crippen LogP contribution in [0.2, 0.25) is 0 Å². The van der Waals surface area contributed by atoms with Crippen LogP contribution in [0.25, 0.3) is 0 Å². The van der Waals surface area contributed by atoms with Crippen LogP contribution in [0.3, 0.4) is 0 Å². The number of benzene rings is 2. The van der Waals surface area contributed by atoms with Crippen LogP contribution < -0.4 is 10.6 Å². The van der Waals surface area contributed by atoms with Gasteiger partial charge in [0, 0.05) is 17.3 Å². The van der Waals surface area contributed by atoms with E-state index in [1.165, 1.54) is 0 Å². The van der Waals surface area contributed by atoms with Gasteiger partial charge in [-0.05, 0) is 42.7 Å². The summed E-state index contributed by atoms with van der Waals surface area (Å²) in [4.78, 5) is 24.2. The van der Waals surface area contributed by atoms with Gasteiger partial charge in [0.25, 0.3) is 5.91 Å². The maximum Gasteiger partial charge on any atom is 0.251 e. The first-order valence-corrected chi connectivity index (χ1v) is 11.2. The van der Waals surface area contributed by atoms with Gasteiger partial charge in [0.05, 0.1) is 5.75 Å². The molecule has 0 spiro atoms. The third-order valence-electron chi connectivity index (χ3n) is 4.70. The standard InChI is InChI=1S/C21H24N2O4S/c24-20(22-18-6-2-1-3-7-18)15-28(26,27)14-16-10-12-17(13-11-16)21(25)23-19-8-4-5-9-19/h1-3,6-7,10-13,19H,4-5,8-9,14-15H2,(H,22,24)(H,23,25). The molecule has 2 aromatic rings. The minimum Gasteiger partial charge on any atom is -0.349 e. The number of amides is 2. The van der Waals surface area contributed by atoms with Crippen molar-refractivity contribution in [3.05, 3.63) is 65.7 Å². The van der Waals surface area contributed by atoms with Crippen molar-refractivity contribution in [2.24, 2.45) is 0 Å². The molecule has 0 radical (unpaired) electrons. The highest BCUT2D eigenvalue weighted by Crippen LogP contribution is 2.18. The average Bonchev–Trinajstić information content (AvgIpc) is 3.15. The maximum absolute atomic E-state index is 12.3. The second-order valence-corrected chi connectivity index (χ2v) is 9.16. The van der Waals surface area contributed by atoms with Gasteiger partial charge in [0.2, 0.25) is 5.91 Å². The molecule has 7 heteroatoms. The highest BCUT2D eigenvalue weighted by Gasteiger charge is 2.19. The van der Waals surface area contributed by atoms with Gasteiger partial charge in [-0.25, -0.2) is 8.42 Å². The Morgan fingerprint density at radius 1 is 0.929 bits per heavy atom. The number of hydrogen-bond acceptors (Lipinski definition) is 4. The van der Waals surface area contributed by atoms with E-state index in [0.717, 1.165) is 25.7 Å². The summed E-state index contributed by atoms with van der Waals surface area (Å²) in [6.07, 6.45) is 4.29. The number of carbonyl (C=O) groups excluding carboxylic acids is 2. The van der Waals surface area contributed by atoms with E-state index in [9.17, 15) is 18.0 Å². The summed E-state index contributed by atoms with van der Waals surface area (Å²) in [6.45, 7) is 0. The van der Waals surface area contributed by atoms with E-state index < -0.39 is 21.5 Å². The zero-order chi connectivity index (χ0) is 20.0. The van der Waals surface area contributed by atoms with Crippen molar-refractivity contribution in [2.75, 3.05) is 11.1 Å². The number of para-hydroxylation sites is 1. The molecule has 1 aliphatic rings. The van der Waals surface area contributed by atoms with E-state index in [4.69, 9.17) is 0 Å². The minimum atomic E-state index is -3.62. The molecule has 1 aliphatic carbocycles. The Morgan fingerprint density at radius 2 is 1.57 bits per heavy atom. The summed E-state index contributed by atoms with van der Waals surface area (Å²) in [5.41, 5.74) is 1.61. The molecule has 2 N–H and O–H groups in total. The average molecular weight is 401 g/mol. The second-order valence-electron chi connectivity index (χ2n) is 7.10. The van der Waals surface area contributed by atoms with Crippen molar-refractivity contribution in [1.29, 1.82) is 0 Å². The third kappa shape index (κ3) is 5.92. The third-order valence-corrected chi connectivity index (χ3v) is 6.18. The number of carbonyl (C=O) groups is 2. The lowest BCUT2D eigenvalue weighted by Gasteiger charge is -2.12. The molecule has 1 fully saturated rings. The molecule has 3 rings (SSSR count). The predicted octanol–water partition coefficient (Wildman–Crippen LogP) is 2.91. The lowest BCUT2D eigenvalue weighted by Crippen LogP contribution is -2.32. The molecular weight excluding hydrogens is 376 g/mol. The second kappa shape index (κ2) is 9.01. The summed E-state index contributed by atoms with van der Waals surface area (Å²) in [7, 11) is -3.62. The van der Waals surface area contributed by atoms with Gasteiger partial charge in [-0.3, -0.25) is 9.59 Å². The molecular formula is C21H24N2O4S. The van der Waals surface area contributed by atoms with Gasteiger partial charge in [-0.2, -0.15) is 0 Å². The van der Waals surface area contributed by atoms with E-state index >= 15 is 0 Å². The zero-order valence-corrected chi connectivity index (χ0v) is 16.4. The first-order valence-electron chi connectivity index (χ1n) is 9.36. The summed E-state index contributed by atoms with van der Waals surface area (Å²) in [5.74, 6) is -1.55. The lowest BCUT2D eigenvalue weighted by molar-refractivity contribution is -0.113. The van der Waals surface area contributed by atoms with Crippen molar-refractivity contribution < 1.29 is 18.0 Å². The van der Waals surface area contributed by atoms with Crippen molar-refractivity contribution >= 4 is 27.3 Å². The van der Waals surface area contributed by atoms with Crippen LogP contribution in [-0.2, 0) is 20.4 Å². The fourth-order valence-corrected chi connectivity index (χ4v) is 4.59. The molecule has 148 valence electrons. The fraction of sp³-hybridized carbons (Fsp3) is 0.333. The molecule has 0 unspecified atom stereocenters. The molecule has 0 bridgehead atoms. The first kappa shape index (κ1) is 20.1. The van der Waals surface area contributed by atoms with Crippen LogP contribution in [0, 0.1) is 0 Å². The molecule has 1 saturated carbocycles. The Bertz CT molecular complexity index is 919. The van der Waals surface area contributed by atoms with Crippen LogP contribution in [0.1, 0.15) is 41.6 Å². The zero-order valence-electron chi connectivity index (χ0n) is 15.6. The Morgan fingerprint density at radius 3 is 2.21 bits per heavy atom. The van der Waals surface area contributed by atoms with Gasteiger partial charge in [0.1, 0.15) is 5.75 Å². The van der Waals surface area contributed by atoms with E-state index in [2.05, 4.69) is 10.6 Å². The van der Waals surface area contributed by atoms with E-state index in [1.807, 2.05) is 6.07 Å². The molecule has 28 heavy (non-hydrogen) atoms. The topological polar surface area (TPSA) is 92.3 Å². The van der Waals surface area contributed by atoms with Crippen LogP contribution in [-0.4, -0.2) is 32.0 Å². The molecule has 0 aliphatic heterocycles. The Kier molecular flexibility index (Phi) is 6.46. The van der Waals surface area contributed by atoms with Crippen molar-refractivity contribution in [1.82, 2.24) is 5.32 Å². The number of nitrogens with one attached hydrogen (secondary N) is 2. The van der Waals surface area contributed by atoms with Crippen molar-refractivity contribution in [3.8, 4) is 0 Å². The highest BCUT2D eigenvalue weighted by molar-refractivity contribution is 7.91. The van der Waals surface area contributed by atoms with Crippen LogP contribution in [0.15, 0.2) is 54.6 Å². The largest absolute Gasteiger partial charge is 0.349 e. The van der Waals surface area contributed by atoms with Crippen LogP contribution in [0.5, 0.6) is 0 Å². The van der Waals surface area contributed by atoms with Crippen molar-refractivity contribution in [3.63, 3.8) is 0 Å². The van der Waals surface area contributed by atoms with Gasteiger partial charge in [-0.1, -0.05) is 43.2 Å². The number of anilines is 1. The van der Waals surface area contributed by atoms with Crippen molar-refractivity contribution in [2.45, 2.75) is 37.5 Å². The quantitative estimate of drug-likeness (QED) is 0.747. The molecule has 2 amide bonds. The summed E-state index contributed by atoms with van der Waals surface area (Å²) >= 11 is 0. The Labute approximate surface area is 165 Å². The molecule has 6 nitrogen and oxygen atoms in total. The predicted molar refractivity (Wildman–Crippen MR) is 109 cm³/mol. The van der Waals surface area contributed by atoms with Gasteiger partial charge < -0.3 is 10.6 Å². The Balaban J connectivity index is 1.54. The van der Waals surface area contributed by atoms with Gasteiger partial charge in [-0.15, -0.1) is 0 Å². The van der Waals surface area contributed by atoms with E-state index in [1.54, 1.807) is 48.5 Å². The SMILES string of the molecule is O=C(CS(=O)(=O)Cc1ccc(C(=O)NC2CCCC2)cc1)Nc1ccccc1. The summed E-state index contributed by atoms with van der Waals surface area (Å²) in [6, 6.07) is 15.4. The highest BCUT2D eigenvalue weighted by atomic mass is 32.2. The smallest absolute Gasteiger partial charge is 0.251 e. The van der Waals surface area contributed by atoms with Gasteiger partial charge >= 0.3 is 0 Å². The molecule has 0 saturated heterocycles. The molecule has 0 atom stereocenters. The lowest BCUT2D eigenvalue weighted by atomic mass is 10.1. The van der Waals surface area contributed by atoms with E-state index in [-0.39, 0.29) is 17.7 Å². The number of hydrogen-bond donors (Lipinski definition) is 2. The fourth-order valence-electron chi connectivity index (χ4n) is 3.31. The summed E-state index contributed by atoms with van der Waals surface area (Å²) in [5, 5.41) is 5.57. The molecule has 2 aromatic carbocycles. The molecule has 0 aromatic heterocycles. The molecule has 0 heterocycles. The van der Waals surface area contributed by atoms with Gasteiger partial charge in [0.15, 0.2) is 9.84 Å². The minimum absolute atomic E-state index is 0.136. The first-order chi connectivity index (χ1) is 13.4. The summed E-state index contributed by atoms with van der Waals surface area (Å²) < 4.78 is 24.6. The number of sulfone groups is 1. The Hall–Kier alpha value is -2.67. The van der Waals surface area contributed by atoms with Crippen LogP contribution in [0.4, 0.5) is 5.69 Å².